The first-order chi connectivity index (χ1) is 7.76. The van der Waals surface area contributed by atoms with E-state index in [2.05, 4.69) is 25.9 Å². The first-order valence-electron chi connectivity index (χ1n) is 4.25. The molecule has 2 heterocycles. The number of pyridine rings is 1. The van der Waals surface area contributed by atoms with Crippen LogP contribution in [0, 0.1) is 22.7 Å². The minimum Gasteiger partial charge on any atom is -0.273 e. The van der Waals surface area contributed by atoms with Crippen LogP contribution in [0.1, 0.15) is 11.4 Å². The molecular weight excluding hydrogens is 270 g/mol. The van der Waals surface area contributed by atoms with Gasteiger partial charge in [0.05, 0.1) is 0 Å². The number of nitriles is 2. The maximum atomic E-state index is 8.94. The molecule has 2 aromatic heterocycles. The number of nitrogens with zero attached hydrogens (tertiary/aromatic N) is 5. The van der Waals surface area contributed by atoms with E-state index in [4.69, 9.17) is 10.5 Å². The van der Waals surface area contributed by atoms with Gasteiger partial charge in [-0.3, -0.25) is 4.57 Å². The molecule has 0 fully saturated rings. The Morgan fingerprint density at radius 1 is 1.19 bits per heavy atom. The lowest BCUT2D eigenvalue weighted by molar-refractivity contribution is 0.974. The number of halogens is 1. The molecule has 0 aliphatic carbocycles. The molecule has 16 heavy (non-hydrogen) atoms. The summed E-state index contributed by atoms with van der Waals surface area (Å²) in [5.74, 6) is 0.550. The monoisotopic (exact) mass is 273 g/mol. The zero-order valence-electron chi connectivity index (χ0n) is 7.92. The van der Waals surface area contributed by atoms with Crippen LogP contribution in [-0.4, -0.2) is 14.5 Å². The Morgan fingerprint density at radius 2 is 2.00 bits per heavy atom. The molecule has 0 aromatic carbocycles. The van der Waals surface area contributed by atoms with Gasteiger partial charge in [0.2, 0.25) is 0 Å². The molecule has 5 nitrogen and oxygen atoms in total. The summed E-state index contributed by atoms with van der Waals surface area (Å²) < 4.78 is 2.32. The summed E-state index contributed by atoms with van der Waals surface area (Å²) in [6.07, 6.45) is 3.02. The van der Waals surface area contributed by atoms with Crippen molar-refractivity contribution in [2.24, 2.45) is 0 Å². The van der Waals surface area contributed by atoms with Gasteiger partial charge in [0.25, 0.3) is 0 Å². The second-order valence-electron chi connectivity index (χ2n) is 2.87. The summed E-state index contributed by atoms with van der Waals surface area (Å²) in [5.41, 5.74) is 0.296. The van der Waals surface area contributed by atoms with Gasteiger partial charge in [-0.1, -0.05) is 0 Å². The third-order valence-electron chi connectivity index (χ3n) is 1.94. The molecule has 0 atom stereocenters. The van der Waals surface area contributed by atoms with Crippen molar-refractivity contribution in [1.29, 1.82) is 10.5 Å². The zero-order valence-corrected chi connectivity index (χ0v) is 9.51. The minimum atomic E-state index is 0.104. The zero-order chi connectivity index (χ0) is 11.5. The first-order valence-corrected chi connectivity index (χ1v) is 5.05. The molecule has 0 aliphatic heterocycles. The Hall–Kier alpha value is -2.18. The summed E-state index contributed by atoms with van der Waals surface area (Å²) in [4.78, 5) is 7.95. The van der Waals surface area contributed by atoms with Crippen LogP contribution in [0.2, 0.25) is 0 Å². The van der Waals surface area contributed by atoms with Gasteiger partial charge in [-0.05, 0) is 28.1 Å². The average Bonchev–Trinajstić information content (AvgIpc) is 2.72. The maximum absolute atomic E-state index is 8.94. The molecule has 0 bridgehead atoms. The van der Waals surface area contributed by atoms with E-state index in [-0.39, 0.29) is 11.4 Å². The van der Waals surface area contributed by atoms with E-state index in [1.807, 2.05) is 12.1 Å². The van der Waals surface area contributed by atoms with Crippen LogP contribution in [0.5, 0.6) is 0 Å². The van der Waals surface area contributed by atoms with Gasteiger partial charge in [-0.25, -0.2) is 9.97 Å². The van der Waals surface area contributed by atoms with E-state index in [0.29, 0.717) is 5.82 Å². The first kappa shape index (κ1) is 10.3. The van der Waals surface area contributed by atoms with Crippen molar-refractivity contribution in [3.8, 4) is 18.0 Å². The molecular formula is C10H4BrN5. The van der Waals surface area contributed by atoms with E-state index >= 15 is 0 Å². The average molecular weight is 274 g/mol. The van der Waals surface area contributed by atoms with Crippen molar-refractivity contribution in [2.75, 3.05) is 0 Å². The molecule has 6 heteroatoms. The fourth-order valence-corrected chi connectivity index (χ4v) is 1.46. The summed E-state index contributed by atoms with van der Waals surface area (Å²) in [7, 11) is 0. The molecule has 0 amide bonds. The highest BCUT2D eigenvalue weighted by Gasteiger charge is 2.11. The van der Waals surface area contributed by atoms with E-state index < -0.39 is 0 Å². The molecule has 76 valence electrons. The van der Waals surface area contributed by atoms with Crippen molar-refractivity contribution in [3.63, 3.8) is 0 Å². The largest absolute Gasteiger partial charge is 0.273 e. The van der Waals surface area contributed by atoms with Crippen molar-refractivity contribution < 1.29 is 0 Å². The Bertz CT molecular complexity index is 600. The molecule has 0 unspecified atom stereocenters. The number of rotatable bonds is 1. The molecule has 0 saturated heterocycles. The van der Waals surface area contributed by atoms with Gasteiger partial charge in [-0.15, -0.1) is 0 Å². The summed E-state index contributed by atoms with van der Waals surface area (Å²) in [6, 6.07) is 7.32. The second-order valence-corrected chi connectivity index (χ2v) is 3.79. The summed E-state index contributed by atoms with van der Waals surface area (Å²) in [6.45, 7) is 0. The lowest BCUT2D eigenvalue weighted by Crippen LogP contribution is -1.98. The standard InChI is InChI=1S/C10H4BrN5/c11-7-1-2-10(14-5-7)16-6-15-8(3-12)9(16)4-13/h1-2,5-6H. The van der Waals surface area contributed by atoms with Crippen molar-refractivity contribution in [3.05, 3.63) is 40.5 Å². The lowest BCUT2D eigenvalue weighted by Gasteiger charge is -2.01. The van der Waals surface area contributed by atoms with Crippen LogP contribution in [0.15, 0.2) is 29.1 Å². The third-order valence-corrected chi connectivity index (χ3v) is 2.41. The minimum absolute atomic E-state index is 0.104. The van der Waals surface area contributed by atoms with Crippen LogP contribution in [0.3, 0.4) is 0 Å². The Balaban J connectivity index is 2.58. The van der Waals surface area contributed by atoms with Crippen molar-refractivity contribution >= 4 is 15.9 Å². The lowest BCUT2D eigenvalue weighted by atomic mass is 10.3. The molecule has 2 rings (SSSR count). The highest BCUT2D eigenvalue weighted by molar-refractivity contribution is 9.10. The summed E-state index contributed by atoms with van der Waals surface area (Å²) >= 11 is 3.27. The maximum Gasteiger partial charge on any atom is 0.177 e. The van der Waals surface area contributed by atoms with Gasteiger partial charge >= 0.3 is 0 Å². The molecule has 0 aliphatic rings. The second kappa shape index (κ2) is 4.13. The molecule has 0 saturated carbocycles. The van der Waals surface area contributed by atoms with Gasteiger partial charge < -0.3 is 0 Å². The van der Waals surface area contributed by atoms with Crippen LogP contribution < -0.4 is 0 Å². The number of hydrogen-bond acceptors (Lipinski definition) is 4. The van der Waals surface area contributed by atoms with Gasteiger partial charge in [-0.2, -0.15) is 10.5 Å². The fraction of sp³-hybridized carbons (Fsp3) is 0. The highest BCUT2D eigenvalue weighted by atomic mass is 79.9. The number of hydrogen-bond donors (Lipinski definition) is 0. The highest BCUT2D eigenvalue weighted by Crippen LogP contribution is 2.14. The SMILES string of the molecule is N#Cc1ncn(-c2ccc(Br)cn2)c1C#N. The van der Waals surface area contributed by atoms with Crippen molar-refractivity contribution in [2.45, 2.75) is 0 Å². The van der Waals surface area contributed by atoms with E-state index in [0.717, 1.165) is 4.47 Å². The number of aromatic nitrogens is 3. The predicted molar refractivity (Wildman–Crippen MR) is 58.5 cm³/mol. The smallest absolute Gasteiger partial charge is 0.177 e. The number of imidazole rings is 1. The predicted octanol–water partition coefficient (Wildman–Crippen LogP) is 1.77. The van der Waals surface area contributed by atoms with Gasteiger partial charge in [0.15, 0.2) is 11.4 Å². The Kier molecular flexibility index (Phi) is 2.67. The van der Waals surface area contributed by atoms with Crippen LogP contribution in [0.25, 0.3) is 5.82 Å². The molecule has 0 spiro atoms. The van der Waals surface area contributed by atoms with E-state index in [1.54, 1.807) is 18.3 Å². The quantitative estimate of drug-likeness (QED) is 0.793. The van der Waals surface area contributed by atoms with E-state index in [9.17, 15) is 0 Å². The normalized spacial score (nSPS) is 9.44. The Labute approximate surface area is 99.7 Å². The molecule has 2 aromatic rings. The van der Waals surface area contributed by atoms with Gasteiger partial charge in [0, 0.05) is 10.7 Å². The van der Waals surface area contributed by atoms with Crippen LogP contribution >= 0.6 is 15.9 Å². The van der Waals surface area contributed by atoms with Crippen LogP contribution in [0.4, 0.5) is 0 Å². The van der Waals surface area contributed by atoms with Crippen LogP contribution in [-0.2, 0) is 0 Å². The topological polar surface area (TPSA) is 78.3 Å². The van der Waals surface area contributed by atoms with Crippen molar-refractivity contribution in [1.82, 2.24) is 14.5 Å². The third kappa shape index (κ3) is 1.67. The molecule has 0 radical (unpaired) electrons. The van der Waals surface area contributed by atoms with Gasteiger partial charge in [0.1, 0.15) is 24.3 Å². The fourth-order valence-electron chi connectivity index (χ4n) is 1.22. The molecule has 0 N–H and O–H groups in total. The summed E-state index contributed by atoms with van der Waals surface area (Å²) in [5, 5.41) is 17.7. The Morgan fingerprint density at radius 3 is 2.56 bits per heavy atom. The van der Waals surface area contributed by atoms with E-state index in [1.165, 1.54) is 10.9 Å².